The van der Waals surface area contributed by atoms with Crippen molar-refractivity contribution in [2.45, 2.75) is 13.8 Å². The van der Waals surface area contributed by atoms with Crippen LogP contribution in [0.15, 0.2) is 18.3 Å². The van der Waals surface area contributed by atoms with Gasteiger partial charge in [0.25, 0.3) is 0 Å². The lowest BCUT2D eigenvalue weighted by Gasteiger charge is -2.09. The van der Waals surface area contributed by atoms with Crippen LogP contribution >= 0.6 is 0 Å². The fourth-order valence-electron chi connectivity index (χ4n) is 1.05. The van der Waals surface area contributed by atoms with Crippen molar-refractivity contribution in [1.82, 2.24) is 4.98 Å². The molecule has 1 heterocycles. The fraction of sp³-hybridized carbons (Fsp3) is 0.455. The third-order valence-corrected chi connectivity index (χ3v) is 1.89. The Balaban J connectivity index is 2.51. The minimum atomic E-state index is -0.518. The molecule has 0 saturated heterocycles. The molecule has 2 N–H and O–H groups in total. The van der Waals surface area contributed by atoms with Crippen LogP contribution in [-0.4, -0.2) is 24.7 Å². The van der Waals surface area contributed by atoms with Crippen LogP contribution in [0.5, 0.6) is 0 Å². The minimum Gasteiger partial charge on any atom is -0.453 e. The van der Waals surface area contributed by atoms with Gasteiger partial charge in [-0.05, 0) is 18.1 Å². The van der Waals surface area contributed by atoms with Gasteiger partial charge >= 0.3 is 6.09 Å². The molecule has 5 heteroatoms. The molecule has 0 spiro atoms. The molecule has 1 aromatic rings. The summed E-state index contributed by atoms with van der Waals surface area (Å²) in [6, 6.07) is 3.58. The highest BCUT2D eigenvalue weighted by atomic mass is 16.5. The van der Waals surface area contributed by atoms with Crippen molar-refractivity contribution in [2.75, 3.05) is 24.3 Å². The zero-order valence-electron chi connectivity index (χ0n) is 9.78. The molecule has 1 aromatic heterocycles. The molecule has 0 fully saturated rings. The summed E-state index contributed by atoms with van der Waals surface area (Å²) in [6.45, 7) is 5.16. The van der Waals surface area contributed by atoms with Gasteiger partial charge in [-0.1, -0.05) is 13.8 Å². The van der Waals surface area contributed by atoms with Crippen molar-refractivity contribution in [3.8, 4) is 0 Å². The van der Waals surface area contributed by atoms with Crippen LogP contribution in [0, 0.1) is 5.92 Å². The summed E-state index contributed by atoms with van der Waals surface area (Å²) in [6.07, 6.45) is 1.16. The van der Waals surface area contributed by atoms with E-state index in [4.69, 9.17) is 0 Å². The van der Waals surface area contributed by atoms with Gasteiger partial charge in [-0.15, -0.1) is 0 Å². The number of ether oxygens (including phenoxy) is 1. The maximum Gasteiger partial charge on any atom is 0.412 e. The molecule has 0 aliphatic rings. The lowest BCUT2D eigenvalue weighted by atomic mass is 10.2. The number of hydrogen-bond acceptors (Lipinski definition) is 4. The summed E-state index contributed by atoms with van der Waals surface area (Å²) < 4.78 is 4.46. The summed E-state index contributed by atoms with van der Waals surface area (Å²) >= 11 is 0. The maximum atomic E-state index is 10.9. The molecular weight excluding hydrogens is 206 g/mol. The Morgan fingerprint density at radius 3 is 2.75 bits per heavy atom. The van der Waals surface area contributed by atoms with Gasteiger partial charge in [0, 0.05) is 6.54 Å². The second kappa shape index (κ2) is 5.95. The highest BCUT2D eigenvalue weighted by molar-refractivity contribution is 5.83. The average Bonchev–Trinajstić information content (AvgIpc) is 2.28. The van der Waals surface area contributed by atoms with Gasteiger partial charge < -0.3 is 10.1 Å². The number of nitrogens with one attached hydrogen (secondary N) is 2. The Morgan fingerprint density at radius 2 is 2.25 bits per heavy atom. The van der Waals surface area contributed by atoms with E-state index >= 15 is 0 Å². The van der Waals surface area contributed by atoms with E-state index in [1.54, 1.807) is 12.3 Å². The van der Waals surface area contributed by atoms with Gasteiger partial charge in [0.1, 0.15) is 5.82 Å². The van der Waals surface area contributed by atoms with E-state index in [1.807, 2.05) is 6.07 Å². The number of carbonyl (C=O) groups excluding carboxylic acids is 1. The molecule has 5 nitrogen and oxygen atoms in total. The molecule has 0 aromatic carbocycles. The van der Waals surface area contributed by atoms with Gasteiger partial charge in [-0.25, -0.2) is 9.78 Å². The van der Waals surface area contributed by atoms with Gasteiger partial charge in [0.05, 0.1) is 19.0 Å². The first-order valence-corrected chi connectivity index (χ1v) is 5.16. The van der Waals surface area contributed by atoms with Crippen molar-refractivity contribution < 1.29 is 9.53 Å². The van der Waals surface area contributed by atoms with Gasteiger partial charge in [0.2, 0.25) is 0 Å². The standard InChI is InChI=1S/C11H17N3O2/c1-8(2)6-12-9-4-5-10(13-7-9)14-11(15)16-3/h4-5,7-8,12H,6H2,1-3H3,(H,13,14,15). The van der Waals surface area contributed by atoms with Crippen LogP contribution in [-0.2, 0) is 4.74 Å². The van der Waals surface area contributed by atoms with E-state index in [1.165, 1.54) is 7.11 Å². The Labute approximate surface area is 95.2 Å². The average molecular weight is 223 g/mol. The maximum absolute atomic E-state index is 10.9. The summed E-state index contributed by atoms with van der Waals surface area (Å²) in [5.74, 6) is 1.05. The Kier molecular flexibility index (Phi) is 4.57. The number of amides is 1. The molecule has 88 valence electrons. The van der Waals surface area contributed by atoms with E-state index in [-0.39, 0.29) is 0 Å². The fourth-order valence-corrected chi connectivity index (χ4v) is 1.05. The van der Waals surface area contributed by atoms with E-state index < -0.39 is 6.09 Å². The first-order valence-electron chi connectivity index (χ1n) is 5.16. The van der Waals surface area contributed by atoms with Crippen molar-refractivity contribution in [3.05, 3.63) is 18.3 Å². The highest BCUT2D eigenvalue weighted by Gasteiger charge is 2.01. The molecular formula is C11H17N3O2. The predicted molar refractivity (Wildman–Crippen MR) is 63.6 cm³/mol. The highest BCUT2D eigenvalue weighted by Crippen LogP contribution is 2.10. The zero-order chi connectivity index (χ0) is 12.0. The SMILES string of the molecule is COC(=O)Nc1ccc(NCC(C)C)cn1. The number of methoxy groups -OCH3 is 1. The van der Waals surface area contributed by atoms with Crippen molar-refractivity contribution >= 4 is 17.6 Å². The van der Waals surface area contributed by atoms with Crippen molar-refractivity contribution in [1.29, 1.82) is 0 Å². The summed E-state index contributed by atoms with van der Waals surface area (Å²) in [5, 5.41) is 5.72. The van der Waals surface area contributed by atoms with E-state index in [0.29, 0.717) is 11.7 Å². The van der Waals surface area contributed by atoms with Crippen molar-refractivity contribution in [3.63, 3.8) is 0 Å². The Bertz CT molecular complexity index is 336. The van der Waals surface area contributed by atoms with Gasteiger partial charge in [0.15, 0.2) is 0 Å². The molecule has 1 amide bonds. The first-order chi connectivity index (χ1) is 7.61. The third-order valence-electron chi connectivity index (χ3n) is 1.89. The molecule has 0 aliphatic carbocycles. The van der Waals surface area contributed by atoms with Gasteiger partial charge in [-0.2, -0.15) is 0 Å². The van der Waals surface area contributed by atoms with Crippen LogP contribution < -0.4 is 10.6 Å². The van der Waals surface area contributed by atoms with Gasteiger partial charge in [-0.3, -0.25) is 5.32 Å². The second-order valence-corrected chi connectivity index (χ2v) is 3.82. The van der Waals surface area contributed by atoms with Crippen LogP contribution in [0.2, 0.25) is 0 Å². The Morgan fingerprint density at radius 1 is 1.50 bits per heavy atom. The quantitative estimate of drug-likeness (QED) is 0.822. The minimum absolute atomic E-state index is 0.474. The molecule has 1 rings (SSSR count). The van der Waals surface area contributed by atoms with Crippen LogP contribution in [0.3, 0.4) is 0 Å². The lowest BCUT2D eigenvalue weighted by molar-refractivity contribution is 0.187. The summed E-state index contributed by atoms with van der Waals surface area (Å²) in [7, 11) is 1.31. The summed E-state index contributed by atoms with van der Waals surface area (Å²) in [5.41, 5.74) is 0.934. The molecule has 0 radical (unpaired) electrons. The Hall–Kier alpha value is -1.78. The molecule has 0 atom stereocenters. The van der Waals surface area contributed by atoms with Crippen LogP contribution in [0.25, 0.3) is 0 Å². The molecule has 16 heavy (non-hydrogen) atoms. The number of hydrogen-bond donors (Lipinski definition) is 2. The third kappa shape index (κ3) is 4.16. The van der Waals surface area contributed by atoms with E-state index in [9.17, 15) is 4.79 Å². The van der Waals surface area contributed by atoms with Crippen LogP contribution in [0.4, 0.5) is 16.3 Å². The number of carbonyl (C=O) groups is 1. The molecule has 0 unspecified atom stereocenters. The summed E-state index contributed by atoms with van der Waals surface area (Å²) in [4.78, 5) is 15.0. The number of nitrogens with zero attached hydrogens (tertiary/aromatic N) is 1. The molecule has 0 aliphatic heterocycles. The smallest absolute Gasteiger partial charge is 0.412 e. The van der Waals surface area contributed by atoms with Crippen molar-refractivity contribution in [2.24, 2.45) is 5.92 Å². The number of rotatable bonds is 4. The second-order valence-electron chi connectivity index (χ2n) is 3.82. The lowest BCUT2D eigenvalue weighted by Crippen LogP contribution is -2.12. The first kappa shape index (κ1) is 12.3. The topological polar surface area (TPSA) is 63.2 Å². The predicted octanol–water partition coefficient (Wildman–Crippen LogP) is 2.33. The van der Waals surface area contributed by atoms with E-state index in [0.717, 1.165) is 12.2 Å². The number of aromatic nitrogens is 1. The number of pyridine rings is 1. The zero-order valence-corrected chi connectivity index (χ0v) is 9.78. The molecule has 0 bridgehead atoms. The number of anilines is 2. The van der Waals surface area contributed by atoms with E-state index in [2.05, 4.69) is 34.2 Å². The monoisotopic (exact) mass is 223 g/mol. The normalized spacial score (nSPS) is 10.0. The molecule has 0 saturated carbocycles. The van der Waals surface area contributed by atoms with Crippen LogP contribution in [0.1, 0.15) is 13.8 Å². The largest absolute Gasteiger partial charge is 0.453 e.